The molecule has 0 amide bonds. The molecule has 2 aromatic carbocycles. The van der Waals surface area contributed by atoms with Crippen molar-refractivity contribution < 1.29 is 4.74 Å². The van der Waals surface area contributed by atoms with Gasteiger partial charge in [-0.15, -0.1) is 5.10 Å². The van der Waals surface area contributed by atoms with Gasteiger partial charge in [-0.2, -0.15) is 4.68 Å². The molecule has 0 atom stereocenters. The largest absolute Gasteiger partial charge is 0.497 e. The molecule has 0 aliphatic carbocycles. The van der Waals surface area contributed by atoms with Gasteiger partial charge in [0.1, 0.15) is 5.75 Å². The Bertz CT molecular complexity index is 795. The Hall–Kier alpha value is -2.89. The Labute approximate surface area is 135 Å². The van der Waals surface area contributed by atoms with E-state index >= 15 is 0 Å². The number of aryl methyl sites for hydroxylation is 2. The summed E-state index contributed by atoms with van der Waals surface area (Å²) in [6.07, 6.45) is 0. The van der Waals surface area contributed by atoms with E-state index in [4.69, 9.17) is 4.74 Å². The Morgan fingerprint density at radius 2 is 1.87 bits per heavy atom. The van der Waals surface area contributed by atoms with E-state index in [1.165, 1.54) is 5.56 Å². The van der Waals surface area contributed by atoms with Gasteiger partial charge in [-0.1, -0.05) is 18.2 Å². The van der Waals surface area contributed by atoms with Gasteiger partial charge in [-0.3, -0.25) is 0 Å². The van der Waals surface area contributed by atoms with E-state index in [1.807, 2.05) is 38.1 Å². The maximum absolute atomic E-state index is 5.17. The summed E-state index contributed by atoms with van der Waals surface area (Å²) in [6, 6.07) is 14.2. The Morgan fingerprint density at radius 1 is 1.09 bits per heavy atom. The number of nitrogens with one attached hydrogen (secondary N) is 1. The van der Waals surface area contributed by atoms with Crippen molar-refractivity contribution in [1.29, 1.82) is 0 Å². The van der Waals surface area contributed by atoms with E-state index in [1.54, 1.807) is 11.8 Å². The van der Waals surface area contributed by atoms with Crippen LogP contribution in [0, 0.1) is 13.8 Å². The monoisotopic (exact) mass is 309 g/mol. The van der Waals surface area contributed by atoms with Gasteiger partial charge in [0, 0.05) is 12.2 Å². The van der Waals surface area contributed by atoms with Crippen molar-refractivity contribution in [2.24, 2.45) is 0 Å². The third-order valence-electron chi connectivity index (χ3n) is 3.72. The van der Waals surface area contributed by atoms with Gasteiger partial charge in [-0.25, -0.2) is 0 Å². The molecule has 0 saturated carbocycles. The molecule has 0 fully saturated rings. The molecule has 6 heteroatoms. The lowest BCUT2D eigenvalue weighted by molar-refractivity contribution is 0.414. The van der Waals surface area contributed by atoms with Crippen LogP contribution in [-0.2, 0) is 6.54 Å². The second-order valence-corrected chi connectivity index (χ2v) is 5.34. The minimum atomic E-state index is 0.737. The molecule has 23 heavy (non-hydrogen) atoms. The summed E-state index contributed by atoms with van der Waals surface area (Å²) < 4.78 is 6.92. The minimum absolute atomic E-state index is 0.737. The zero-order valence-electron chi connectivity index (χ0n) is 13.4. The van der Waals surface area contributed by atoms with Gasteiger partial charge in [0.25, 0.3) is 0 Å². The highest BCUT2D eigenvalue weighted by molar-refractivity contribution is 5.55. The van der Waals surface area contributed by atoms with Crippen LogP contribution in [0.15, 0.2) is 42.5 Å². The van der Waals surface area contributed by atoms with Crippen molar-refractivity contribution in [1.82, 2.24) is 20.2 Å². The molecule has 118 valence electrons. The van der Waals surface area contributed by atoms with E-state index in [0.29, 0.717) is 0 Å². The number of benzene rings is 2. The topological polar surface area (TPSA) is 64.9 Å². The zero-order chi connectivity index (χ0) is 16.2. The summed E-state index contributed by atoms with van der Waals surface area (Å²) in [6.45, 7) is 4.67. The van der Waals surface area contributed by atoms with Gasteiger partial charge in [0.15, 0.2) is 5.82 Å². The van der Waals surface area contributed by atoms with Crippen LogP contribution in [0.4, 0.5) is 5.69 Å². The number of anilines is 1. The normalized spacial score (nSPS) is 10.6. The van der Waals surface area contributed by atoms with Crippen LogP contribution in [0.2, 0.25) is 0 Å². The van der Waals surface area contributed by atoms with Crippen LogP contribution < -0.4 is 10.1 Å². The van der Waals surface area contributed by atoms with E-state index in [2.05, 4.69) is 39.0 Å². The average Bonchev–Trinajstić information content (AvgIpc) is 3.00. The quantitative estimate of drug-likeness (QED) is 0.785. The van der Waals surface area contributed by atoms with Crippen molar-refractivity contribution in [3.8, 4) is 11.4 Å². The minimum Gasteiger partial charge on any atom is -0.497 e. The predicted octanol–water partition coefficient (Wildman–Crippen LogP) is 2.90. The maximum Gasteiger partial charge on any atom is 0.153 e. The van der Waals surface area contributed by atoms with E-state index in [-0.39, 0.29) is 0 Å². The summed E-state index contributed by atoms with van der Waals surface area (Å²) >= 11 is 0. The smallest absolute Gasteiger partial charge is 0.153 e. The molecule has 0 aliphatic heterocycles. The highest BCUT2D eigenvalue weighted by Gasteiger charge is 2.08. The molecule has 0 radical (unpaired) electrons. The zero-order valence-corrected chi connectivity index (χ0v) is 13.4. The molecular formula is C17H19N5O. The SMILES string of the molecule is COc1ccc(CNc2ccc(C)c(-n3nnnc3C)c2)cc1. The van der Waals surface area contributed by atoms with E-state index < -0.39 is 0 Å². The number of nitrogens with zero attached hydrogens (tertiary/aromatic N) is 4. The summed E-state index contributed by atoms with van der Waals surface area (Å²) in [7, 11) is 1.67. The van der Waals surface area contributed by atoms with Crippen LogP contribution in [-0.4, -0.2) is 27.3 Å². The number of ether oxygens (including phenoxy) is 1. The van der Waals surface area contributed by atoms with Gasteiger partial charge in [-0.05, 0) is 59.7 Å². The van der Waals surface area contributed by atoms with Crippen molar-refractivity contribution in [2.75, 3.05) is 12.4 Å². The van der Waals surface area contributed by atoms with Crippen molar-refractivity contribution >= 4 is 5.69 Å². The van der Waals surface area contributed by atoms with E-state index in [0.717, 1.165) is 35.1 Å². The Kier molecular flexibility index (Phi) is 4.23. The highest BCUT2D eigenvalue weighted by Crippen LogP contribution is 2.20. The van der Waals surface area contributed by atoms with Crippen molar-refractivity contribution in [3.63, 3.8) is 0 Å². The predicted molar refractivity (Wildman–Crippen MR) is 88.9 cm³/mol. The molecule has 1 N–H and O–H groups in total. The highest BCUT2D eigenvalue weighted by atomic mass is 16.5. The average molecular weight is 309 g/mol. The Morgan fingerprint density at radius 3 is 2.52 bits per heavy atom. The lowest BCUT2D eigenvalue weighted by Crippen LogP contribution is -2.04. The molecule has 1 aromatic heterocycles. The number of hydrogen-bond donors (Lipinski definition) is 1. The van der Waals surface area contributed by atoms with Crippen LogP contribution >= 0.6 is 0 Å². The fourth-order valence-corrected chi connectivity index (χ4v) is 2.35. The summed E-state index contributed by atoms with van der Waals surface area (Å²) in [5.41, 5.74) is 4.31. The molecule has 0 unspecified atom stereocenters. The van der Waals surface area contributed by atoms with Crippen molar-refractivity contribution in [2.45, 2.75) is 20.4 Å². The second-order valence-electron chi connectivity index (χ2n) is 5.34. The molecule has 0 aliphatic rings. The number of methoxy groups -OCH3 is 1. The molecule has 3 aromatic rings. The number of aromatic nitrogens is 4. The number of tetrazole rings is 1. The molecule has 3 rings (SSSR count). The van der Waals surface area contributed by atoms with E-state index in [9.17, 15) is 0 Å². The molecular weight excluding hydrogens is 290 g/mol. The molecule has 0 bridgehead atoms. The summed E-state index contributed by atoms with van der Waals surface area (Å²) in [5, 5.41) is 15.1. The van der Waals surface area contributed by atoms with Crippen LogP contribution in [0.1, 0.15) is 17.0 Å². The fourth-order valence-electron chi connectivity index (χ4n) is 2.35. The van der Waals surface area contributed by atoms with Gasteiger partial charge in [0.2, 0.25) is 0 Å². The first-order valence-electron chi connectivity index (χ1n) is 7.40. The van der Waals surface area contributed by atoms with Crippen LogP contribution in [0.25, 0.3) is 5.69 Å². The van der Waals surface area contributed by atoms with Gasteiger partial charge >= 0.3 is 0 Å². The fraction of sp³-hybridized carbons (Fsp3) is 0.235. The summed E-state index contributed by atoms with van der Waals surface area (Å²) in [5.74, 6) is 1.63. The molecule has 0 spiro atoms. The maximum atomic E-state index is 5.17. The van der Waals surface area contributed by atoms with Crippen LogP contribution in [0.5, 0.6) is 5.75 Å². The first-order valence-corrected chi connectivity index (χ1v) is 7.40. The number of hydrogen-bond acceptors (Lipinski definition) is 5. The Balaban J connectivity index is 1.77. The second kappa shape index (κ2) is 6.48. The van der Waals surface area contributed by atoms with Gasteiger partial charge < -0.3 is 10.1 Å². The summed E-state index contributed by atoms with van der Waals surface area (Å²) in [4.78, 5) is 0. The first-order chi connectivity index (χ1) is 11.2. The van der Waals surface area contributed by atoms with Crippen LogP contribution in [0.3, 0.4) is 0 Å². The lowest BCUT2D eigenvalue weighted by atomic mass is 10.1. The third-order valence-corrected chi connectivity index (χ3v) is 3.72. The first kappa shape index (κ1) is 15.0. The lowest BCUT2D eigenvalue weighted by Gasteiger charge is -2.11. The van der Waals surface area contributed by atoms with Gasteiger partial charge in [0.05, 0.1) is 12.8 Å². The number of rotatable bonds is 5. The molecule has 6 nitrogen and oxygen atoms in total. The molecule has 0 saturated heterocycles. The standard InChI is InChI=1S/C17H19N5O/c1-12-4-7-15(10-17(12)22-13(2)19-20-21-22)18-11-14-5-8-16(23-3)9-6-14/h4-10,18H,11H2,1-3H3. The van der Waals surface area contributed by atoms with Crippen molar-refractivity contribution in [3.05, 3.63) is 59.4 Å². The third kappa shape index (κ3) is 3.31. The molecule has 1 heterocycles.